The van der Waals surface area contributed by atoms with E-state index in [1.807, 2.05) is 24.3 Å². The second kappa shape index (κ2) is 9.55. The molecule has 3 rings (SSSR count). The van der Waals surface area contributed by atoms with Gasteiger partial charge in [0.15, 0.2) is 4.34 Å². The lowest BCUT2D eigenvalue weighted by molar-refractivity contribution is 0.305. The van der Waals surface area contributed by atoms with E-state index < -0.39 is 0 Å². The summed E-state index contributed by atoms with van der Waals surface area (Å²) in [4.78, 5) is 4.61. The zero-order chi connectivity index (χ0) is 18.4. The Morgan fingerprint density at radius 3 is 2.81 bits per heavy atom. The van der Waals surface area contributed by atoms with Gasteiger partial charge in [-0.1, -0.05) is 48.5 Å². The number of aromatic nitrogens is 3. The summed E-state index contributed by atoms with van der Waals surface area (Å²) in [5.41, 5.74) is 1.03. The Hall–Kier alpha value is -1.35. The third-order valence-electron chi connectivity index (χ3n) is 3.19. The molecule has 0 saturated carbocycles. The SMILES string of the molecule is CC(C)CNc1nnc(SCc2csc(COc3ccc(Cl)cc3)n2)s1. The summed E-state index contributed by atoms with van der Waals surface area (Å²) in [5.74, 6) is 2.14. The second-order valence-corrected chi connectivity index (χ2v) is 9.49. The van der Waals surface area contributed by atoms with Crippen LogP contribution in [0.2, 0.25) is 5.02 Å². The molecule has 0 fully saturated rings. The molecule has 0 atom stereocenters. The van der Waals surface area contributed by atoms with E-state index in [2.05, 4.69) is 39.7 Å². The lowest BCUT2D eigenvalue weighted by Gasteiger charge is -2.03. The van der Waals surface area contributed by atoms with Crippen molar-refractivity contribution in [1.29, 1.82) is 0 Å². The standard InChI is InChI=1S/C17H19ClN4OS3/c1-11(2)7-19-16-21-22-17(26-16)25-10-13-9-24-15(20-13)8-23-14-5-3-12(18)4-6-14/h3-6,9,11H,7-8,10H2,1-2H3,(H,19,21). The first kappa shape index (κ1) is 19.4. The monoisotopic (exact) mass is 426 g/mol. The largest absolute Gasteiger partial charge is 0.486 e. The van der Waals surface area contributed by atoms with Crippen molar-refractivity contribution in [3.8, 4) is 5.75 Å². The Labute approximate surface area is 170 Å². The number of nitrogens with one attached hydrogen (secondary N) is 1. The van der Waals surface area contributed by atoms with E-state index in [-0.39, 0.29) is 0 Å². The molecule has 9 heteroatoms. The van der Waals surface area contributed by atoms with Crippen LogP contribution in [0.25, 0.3) is 0 Å². The predicted molar refractivity (Wildman–Crippen MR) is 111 cm³/mol. The molecule has 0 saturated heterocycles. The number of nitrogens with zero attached hydrogens (tertiary/aromatic N) is 3. The highest BCUT2D eigenvalue weighted by molar-refractivity contribution is 8.00. The van der Waals surface area contributed by atoms with Gasteiger partial charge in [0, 0.05) is 22.7 Å². The molecule has 0 spiro atoms. The maximum Gasteiger partial charge on any atom is 0.206 e. The molecule has 0 unspecified atom stereocenters. The maximum atomic E-state index is 5.87. The summed E-state index contributed by atoms with van der Waals surface area (Å²) < 4.78 is 6.67. The van der Waals surface area contributed by atoms with Crippen molar-refractivity contribution < 1.29 is 4.74 Å². The maximum absolute atomic E-state index is 5.87. The minimum Gasteiger partial charge on any atom is -0.486 e. The van der Waals surface area contributed by atoms with Crippen molar-refractivity contribution >= 4 is 51.2 Å². The van der Waals surface area contributed by atoms with Gasteiger partial charge in [-0.15, -0.1) is 21.5 Å². The van der Waals surface area contributed by atoms with Crippen LogP contribution in [0.15, 0.2) is 34.0 Å². The topological polar surface area (TPSA) is 59.9 Å². The van der Waals surface area contributed by atoms with Crippen LogP contribution in [0, 0.1) is 5.92 Å². The minimum atomic E-state index is 0.457. The normalized spacial score (nSPS) is 11.1. The first-order valence-electron chi connectivity index (χ1n) is 8.10. The van der Waals surface area contributed by atoms with Gasteiger partial charge in [-0.05, 0) is 30.2 Å². The van der Waals surface area contributed by atoms with Crippen LogP contribution >= 0.6 is 46.0 Å². The molecule has 0 radical (unpaired) electrons. The van der Waals surface area contributed by atoms with Crippen LogP contribution in [-0.2, 0) is 12.4 Å². The Morgan fingerprint density at radius 1 is 1.23 bits per heavy atom. The first-order valence-corrected chi connectivity index (χ1v) is 11.2. The van der Waals surface area contributed by atoms with Crippen LogP contribution in [0.4, 0.5) is 5.13 Å². The molecule has 0 amide bonds. The Morgan fingerprint density at radius 2 is 2.04 bits per heavy atom. The molecular formula is C17H19ClN4OS3. The molecule has 2 aromatic heterocycles. The average Bonchev–Trinajstić information content (AvgIpc) is 3.27. The van der Waals surface area contributed by atoms with Crippen molar-refractivity contribution in [2.24, 2.45) is 5.92 Å². The fourth-order valence-electron chi connectivity index (χ4n) is 1.92. The number of anilines is 1. The van der Waals surface area contributed by atoms with Gasteiger partial charge in [-0.25, -0.2) is 4.98 Å². The molecule has 26 heavy (non-hydrogen) atoms. The molecule has 0 bridgehead atoms. The van der Waals surface area contributed by atoms with E-state index in [1.54, 1.807) is 34.4 Å². The number of ether oxygens (including phenoxy) is 1. The second-order valence-electron chi connectivity index (χ2n) is 5.91. The molecule has 2 heterocycles. The number of rotatable bonds is 9. The Kier molecular flexibility index (Phi) is 7.13. The van der Waals surface area contributed by atoms with Crippen molar-refractivity contribution in [3.63, 3.8) is 0 Å². The molecule has 0 aliphatic rings. The number of halogens is 1. The highest BCUT2D eigenvalue weighted by Gasteiger charge is 2.08. The van der Waals surface area contributed by atoms with E-state index in [0.717, 1.165) is 38.2 Å². The lowest BCUT2D eigenvalue weighted by Crippen LogP contribution is -2.07. The molecule has 1 aromatic carbocycles. The molecule has 138 valence electrons. The number of thioether (sulfide) groups is 1. The van der Waals surface area contributed by atoms with Gasteiger partial charge in [0.05, 0.1) is 5.69 Å². The van der Waals surface area contributed by atoms with Crippen molar-refractivity contribution in [1.82, 2.24) is 15.2 Å². The van der Waals surface area contributed by atoms with Crippen LogP contribution in [0.5, 0.6) is 5.75 Å². The van der Waals surface area contributed by atoms with Gasteiger partial charge in [0.2, 0.25) is 5.13 Å². The quantitative estimate of drug-likeness (QED) is 0.450. The van der Waals surface area contributed by atoms with Crippen LogP contribution in [0.1, 0.15) is 24.5 Å². The Balaban J connectivity index is 1.45. The van der Waals surface area contributed by atoms with Gasteiger partial charge in [0.25, 0.3) is 0 Å². The summed E-state index contributed by atoms with van der Waals surface area (Å²) >= 11 is 10.7. The lowest BCUT2D eigenvalue weighted by atomic mass is 10.2. The van der Waals surface area contributed by atoms with Gasteiger partial charge in [-0.2, -0.15) is 0 Å². The van der Waals surface area contributed by atoms with Gasteiger partial charge >= 0.3 is 0 Å². The summed E-state index contributed by atoms with van der Waals surface area (Å²) in [5, 5.41) is 16.3. The van der Waals surface area contributed by atoms with E-state index in [1.165, 1.54) is 0 Å². The highest BCUT2D eigenvalue weighted by atomic mass is 35.5. The third kappa shape index (κ3) is 6.12. The van der Waals surface area contributed by atoms with Gasteiger partial charge in [0.1, 0.15) is 17.4 Å². The summed E-state index contributed by atoms with van der Waals surface area (Å²) in [6, 6.07) is 7.33. The molecular weight excluding hydrogens is 408 g/mol. The molecule has 1 N–H and O–H groups in total. The number of hydrogen-bond acceptors (Lipinski definition) is 8. The highest BCUT2D eigenvalue weighted by Crippen LogP contribution is 2.29. The minimum absolute atomic E-state index is 0.457. The third-order valence-corrected chi connectivity index (χ3v) is 6.36. The number of thiazole rings is 1. The van der Waals surface area contributed by atoms with E-state index >= 15 is 0 Å². The van der Waals surface area contributed by atoms with Crippen LogP contribution < -0.4 is 10.1 Å². The molecule has 0 aliphatic carbocycles. The van der Waals surface area contributed by atoms with Crippen LogP contribution in [0.3, 0.4) is 0 Å². The van der Waals surface area contributed by atoms with Gasteiger partial charge in [-0.3, -0.25) is 0 Å². The zero-order valence-electron chi connectivity index (χ0n) is 14.4. The fourth-order valence-corrected chi connectivity index (χ4v) is 4.51. The zero-order valence-corrected chi connectivity index (χ0v) is 17.6. The number of hydrogen-bond donors (Lipinski definition) is 1. The van der Waals surface area contributed by atoms with E-state index in [4.69, 9.17) is 16.3 Å². The first-order chi connectivity index (χ1) is 12.6. The molecule has 0 aliphatic heterocycles. The van der Waals surface area contributed by atoms with Crippen molar-refractivity contribution in [2.45, 2.75) is 30.5 Å². The van der Waals surface area contributed by atoms with Crippen LogP contribution in [-0.4, -0.2) is 21.7 Å². The smallest absolute Gasteiger partial charge is 0.206 e. The summed E-state index contributed by atoms with van der Waals surface area (Å²) in [7, 11) is 0. The van der Waals surface area contributed by atoms with Gasteiger partial charge < -0.3 is 10.1 Å². The summed E-state index contributed by atoms with van der Waals surface area (Å²) in [6.07, 6.45) is 0. The molecule has 3 aromatic rings. The molecule has 5 nitrogen and oxygen atoms in total. The fraction of sp³-hybridized carbons (Fsp3) is 0.353. The van der Waals surface area contributed by atoms with Crippen molar-refractivity contribution in [2.75, 3.05) is 11.9 Å². The Bertz CT molecular complexity index is 820. The van der Waals surface area contributed by atoms with Crippen molar-refractivity contribution in [3.05, 3.63) is 45.4 Å². The average molecular weight is 427 g/mol. The summed E-state index contributed by atoms with van der Waals surface area (Å²) in [6.45, 7) is 5.70. The predicted octanol–water partition coefficient (Wildman–Crippen LogP) is 5.59. The van der Waals surface area contributed by atoms with E-state index in [0.29, 0.717) is 17.5 Å². The van der Waals surface area contributed by atoms with E-state index in [9.17, 15) is 0 Å². The number of benzene rings is 1.